The molecule has 0 saturated heterocycles. The van der Waals surface area contributed by atoms with Gasteiger partial charge in [0, 0.05) is 39.3 Å². The summed E-state index contributed by atoms with van der Waals surface area (Å²) in [6.07, 6.45) is 4.09. The second-order valence-corrected chi connectivity index (χ2v) is 5.96. The number of aliphatic imine (C=N–C) groups is 1. The predicted octanol–water partition coefficient (Wildman–Crippen LogP) is 2.87. The number of nitrogens with one attached hydrogen (secondary N) is 3. The maximum absolute atomic E-state index is 5.56. The zero-order valence-electron chi connectivity index (χ0n) is 15.5. The van der Waals surface area contributed by atoms with Crippen molar-refractivity contribution in [3.05, 3.63) is 30.1 Å². The van der Waals surface area contributed by atoms with Crippen molar-refractivity contribution in [1.82, 2.24) is 20.6 Å². The van der Waals surface area contributed by atoms with Crippen LogP contribution in [0.4, 0.5) is 0 Å². The average Bonchev–Trinajstić information content (AvgIpc) is 3.03. The fourth-order valence-electron chi connectivity index (χ4n) is 2.47. The molecular weight excluding hydrogens is 314 g/mol. The minimum Gasteiger partial charge on any atom is -0.381 e. The highest BCUT2D eigenvalue weighted by atomic mass is 16.5. The van der Waals surface area contributed by atoms with Crippen LogP contribution in [0.25, 0.3) is 11.0 Å². The molecule has 25 heavy (non-hydrogen) atoms. The van der Waals surface area contributed by atoms with E-state index < -0.39 is 0 Å². The fraction of sp³-hybridized carbons (Fsp3) is 0.579. The van der Waals surface area contributed by atoms with E-state index in [-0.39, 0.29) is 0 Å². The topological polar surface area (TPSA) is 74.3 Å². The van der Waals surface area contributed by atoms with Gasteiger partial charge in [0.25, 0.3) is 0 Å². The van der Waals surface area contributed by atoms with Crippen LogP contribution >= 0.6 is 0 Å². The van der Waals surface area contributed by atoms with Gasteiger partial charge in [0.2, 0.25) is 0 Å². The number of hydrogen-bond acceptors (Lipinski definition) is 3. The predicted molar refractivity (Wildman–Crippen MR) is 104 cm³/mol. The van der Waals surface area contributed by atoms with Gasteiger partial charge in [0.05, 0.1) is 11.0 Å². The molecule has 0 aliphatic carbocycles. The van der Waals surface area contributed by atoms with Crippen LogP contribution in [-0.4, -0.2) is 48.8 Å². The van der Waals surface area contributed by atoms with Gasteiger partial charge in [-0.1, -0.05) is 25.5 Å². The molecule has 2 rings (SSSR count). The lowest BCUT2D eigenvalue weighted by atomic mass is 10.3. The zero-order chi connectivity index (χ0) is 17.7. The van der Waals surface area contributed by atoms with Crippen molar-refractivity contribution in [2.75, 3.05) is 32.8 Å². The number of guanidine groups is 1. The molecule has 6 heteroatoms. The van der Waals surface area contributed by atoms with Crippen molar-refractivity contribution in [3.63, 3.8) is 0 Å². The molecule has 0 saturated carbocycles. The summed E-state index contributed by atoms with van der Waals surface area (Å²) in [6, 6.07) is 8.10. The number of rotatable bonds is 11. The summed E-state index contributed by atoms with van der Waals surface area (Å²) < 4.78 is 5.56. The van der Waals surface area contributed by atoms with Gasteiger partial charge in [-0.25, -0.2) is 4.98 Å². The van der Waals surface area contributed by atoms with Crippen LogP contribution in [0.3, 0.4) is 0 Å². The van der Waals surface area contributed by atoms with Crippen LogP contribution in [0, 0.1) is 0 Å². The second-order valence-electron chi connectivity index (χ2n) is 5.96. The van der Waals surface area contributed by atoms with Crippen LogP contribution in [0.1, 0.15) is 38.9 Å². The molecule has 2 aromatic rings. The first-order chi connectivity index (χ1) is 12.3. The number of nitrogens with zero attached hydrogens (tertiary/aromatic N) is 2. The third-order valence-corrected chi connectivity index (χ3v) is 3.80. The summed E-state index contributed by atoms with van der Waals surface area (Å²) >= 11 is 0. The number of H-pyrrole nitrogens is 1. The lowest BCUT2D eigenvalue weighted by Gasteiger charge is -2.10. The van der Waals surface area contributed by atoms with Crippen molar-refractivity contribution in [2.24, 2.45) is 4.99 Å². The maximum Gasteiger partial charge on any atom is 0.191 e. The minimum atomic E-state index is 0.770. The lowest BCUT2D eigenvalue weighted by molar-refractivity contribution is 0.130. The molecule has 0 spiro atoms. The van der Waals surface area contributed by atoms with Gasteiger partial charge in [-0.2, -0.15) is 0 Å². The molecule has 0 fully saturated rings. The third-order valence-electron chi connectivity index (χ3n) is 3.80. The lowest BCUT2D eigenvalue weighted by Crippen LogP contribution is -2.38. The summed E-state index contributed by atoms with van der Waals surface area (Å²) in [5.74, 6) is 1.85. The molecule has 1 aromatic heterocycles. The Morgan fingerprint density at radius 3 is 2.80 bits per heavy atom. The zero-order valence-corrected chi connectivity index (χ0v) is 15.5. The molecule has 3 N–H and O–H groups in total. The maximum atomic E-state index is 5.56. The van der Waals surface area contributed by atoms with Crippen LogP contribution in [0.5, 0.6) is 0 Å². The van der Waals surface area contributed by atoms with E-state index in [4.69, 9.17) is 4.74 Å². The van der Waals surface area contributed by atoms with Gasteiger partial charge in [-0.3, -0.25) is 4.99 Å². The Bertz CT molecular complexity index is 605. The number of hydrogen-bond donors (Lipinski definition) is 3. The second kappa shape index (κ2) is 11.5. The van der Waals surface area contributed by atoms with Crippen molar-refractivity contribution < 1.29 is 4.74 Å². The summed E-state index contributed by atoms with van der Waals surface area (Å²) in [7, 11) is 0. The molecule has 0 aliphatic rings. The summed E-state index contributed by atoms with van der Waals surface area (Å²) in [4.78, 5) is 12.5. The first-order valence-electron chi connectivity index (χ1n) is 9.37. The normalized spacial score (nSPS) is 11.8. The molecule has 1 heterocycles. The number of unbranched alkanes of at least 4 members (excludes halogenated alkanes) is 1. The van der Waals surface area contributed by atoms with E-state index >= 15 is 0 Å². The highest BCUT2D eigenvalue weighted by molar-refractivity contribution is 5.79. The van der Waals surface area contributed by atoms with Crippen molar-refractivity contribution >= 4 is 17.0 Å². The quantitative estimate of drug-likeness (QED) is 0.333. The van der Waals surface area contributed by atoms with E-state index in [1.165, 1.54) is 6.42 Å². The van der Waals surface area contributed by atoms with Gasteiger partial charge < -0.3 is 20.4 Å². The molecule has 0 aliphatic heterocycles. The molecule has 0 amide bonds. The summed E-state index contributed by atoms with van der Waals surface area (Å²) in [6.45, 7) is 8.30. The number of benzene rings is 1. The van der Waals surface area contributed by atoms with Crippen molar-refractivity contribution in [3.8, 4) is 0 Å². The number of para-hydroxylation sites is 2. The van der Waals surface area contributed by atoms with E-state index in [9.17, 15) is 0 Å². The average molecular weight is 345 g/mol. The Morgan fingerprint density at radius 2 is 2.00 bits per heavy atom. The van der Waals surface area contributed by atoms with Crippen LogP contribution in [-0.2, 0) is 11.2 Å². The first-order valence-corrected chi connectivity index (χ1v) is 9.37. The van der Waals surface area contributed by atoms with E-state index in [1.807, 2.05) is 24.3 Å². The van der Waals surface area contributed by atoms with Gasteiger partial charge in [0.15, 0.2) is 5.96 Å². The minimum absolute atomic E-state index is 0.770. The Morgan fingerprint density at radius 1 is 1.16 bits per heavy atom. The van der Waals surface area contributed by atoms with Gasteiger partial charge in [-0.05, 0) is 31.9 Å². The monoisotopic (exact) mass is 345 g/mol. The molecule has 0 radical (unpaired) electrons. The first kappa shape index (κ1) is 19.2. The van der Waals surface area contributed by atoms with Crippen LogP contribution < -0.4 is 10.6 Å². The fourth-order valence-corrected chi connectivity index (χ4v) is 2.47. The van der Waals surface area contributed by atoms with Gasteiger partial charge in [0.1, 0.15) is 5.82 Å². The van der Waals surface area contributed by atoms with E-state index in [0.29, 0.717) is 0 Å². The summed E-state index contributed by atoms with van der Waals surface area (Å²) in [5, 5.41) is 6.64. The number of ether oxygens (including phenoxy) is 1. The van der Waals surface area contributed by atoms with E-state index in [1.54, 1.807) is 0 Å². The highest BCUT2D eigenvalue weighted by Crippen LogP contribution is 2.10. The number of aromatic amines is 1. The molecular formula is C19H31N5O. The molecule has 0 bridgehead atoms. The van der Waals surface area contributed by atoms with E-state index in [2.05, 4.69) is 39.4 Å². The van der Waals surface area contributed by atoms with Gasteiger partial charge >= 0.3 is 0 Å². The Balaban J connectivity index is 1.70. The summed E-state index contributed by atoms with van der Waals surface area (Å²) in [5.41, 5.74) is 2.10. The molecule has 138 valence electrons. The van der Waals surface area contributed by atoms with Crippen LogP contribution in [0.15, 0.2) is 29.3 Å². The Hall–Kier alpha value is -2.08. The standard InChI is InChI=1S/C19H31N5O/c1-3-5-14-25-15-8-12-21-19(20-4-2)22-13-11-18-23-16-9-6-7-10-17(16)24-18/h6-7,9-10H,3-5,8,11-15H2,1-2H3,(H,23,24)(H2,20,21,22). The van der Waals surface area contributed by atoms with E-state index in [0.717, 1.165) is 74.9 Å². The molecule has 1 aromatic carbocycles. The van der Waals surface area contributed by atoms with Crippen molar-refractivity contribution in [2.45, 2.75) is 39.5 Å². The number of imidazole rings is 1. The third kappa shape index (κ3) is 7.13. The van der Waals surface area contributed by atoms with Gasteiger partial charge in [-0.15, -0.1) is 0 Å². The highest BCUT2D eigenvalue weighted by Gasteiger charge is 2.02. The largest absolute Gasteiger partial charge is 0.381 e. The molecule has 6 nitrogen and oxygen atoms in total. The number of fused-ring (bicyclic) bond motifs is 1. The smallest absolute Gasteiger partial charge is 0.191 e. The molecule has 0 atom stereocenters. The Kier molecular flexibility index (Phi) is 8.83. The van der Waals surface area contributed by atoms with Crippen LogP contribution in [0.2, 0.25) is 0 Å². The SMILES string of the molecule is CCCCOCCCN=C(NCC)NCCc1nc2ccccc2[nH]1. The van der Waals surface area contributed by atoms with Crippen molar-refractivity contribution in [1.29, 1.82) is 0 Å². The molecule has 0 unspecified atom stereocenters. The number of aromatic nitrogens is 2. The Labute approximate surface area is 150 Å².